The molecule has 0 radical (unpaired) electrons. The van der Waals surface area contributed by atoms with E-state index in [9.17, 15) is 0 Å². The van der Waals surface area contributed by atoms with Gasteiger partial charge in [-0.1, -0.05) is 36.2 Å². The van der Waals surface area contributed by atoms with E-state index in [-0.39, 0.29) is 5.25 Å². The molecule has 0 unspecified atom stereocenters. The second-order valence-electron chi connectivity index (χ2n) is 7.25. The summed E-state index contributed by atoms with van der Waals surface area (Å²) in [5.74, 6) is 2.16. The van der Waals surface area contributed by atoms with Gasteiger partial charge in [0.1, 0.15) is 0 Å². The molecule has 6 heteroatoms. The van der Waals surface area contributed by atoms with E-state index < -0.39 is 0 Å². The molecular weight excluding hydrogens is 320 g/mol. The SMILES string of the molecule is Cc1nc(S[C@@H](C)c2nc(C3CC3)no2)n(C2CCCCC2)c1C. The van der Waals surface area contributed by atoms with Crippen LogP contribution in [0.4, 0.5) is 0 Å². The first-order valence-corrected chi connectivity index (χ1v) is 10.1. The summed E-state index contributed by atoms with van der Waals surface area (Å²) in [4.78, 5) is 9.45. The number of thioether (sulfide) groups is 1. The molecular formula is C18H26N4OS. The Bertz CT molecular complexity index is 713. The van der Waals surface area contributed by atoms with E-state index in [1.165, 1.54) is 50.6 Å². The maximum Gasteiger partial charge on any atom is 0.239 e. The minimum absolute atomic E-state index is 0.133. The van der Waals surface area contributed by atoms with Crippen molar-refractivity contribution in [1.29, 1.82) is 0 Å². The molecule has 5 nitrogen and oxygen atoms in total. The van der Waals surface area contributed by atoms with E-state index in [2.05, 4.69) is 35.5 Å². The summed E-state index contributed by atoms with van der Waals surface area (Å²) in [6.45, 7) is 6.45. The molecule has 2 fully saturated rings. The zero-order chi connectivity index (χ0) is 16.7. The normalized spacial score (nSPS) is 20.5. The van der Waals surface area contributed by atoms with E-state index in [1.807, 2.05) is 0 Å². The van der Waals surface area contributed by atoms with Crippen molar-refractivity contribution >= 4 is 11.8 Å². The zero-order valence-corrected chi connectivity index (χ0v) is 15.6. The van der Waals surface area contributed by atoms with E-state index in [0.717, 1.165) is 22.6 Å². The Morgan fingerprint density at radius 1 is 1.08 bits per heavy atom. The Balaban J connectivity index is 1.55. The molecule has 2 saturated carbocycles. The number of nitrogens with zero attached hydrogens (tertiary/aromatic N) is 4. The predicted molar refractivity (Wildman–Crippen MR) is 94.4 cm³/mol. The Morgan fingerprint density at radius 2 is 1.83 bits per heavy atom. The number of aromatic nitrogens is 4. The molecule has 130 valence electrons. The van der Waals surface area contributed by atoms with Crippen LogP contribution in [-0.2, 0) is 0 Å². The summed E-state index contributed by atoms with van der Waals surface area (Å²) >= 11 is 1.75. The van der Waals surface area contributed by atoms with Gasteiger partial charge in [-0.05, 0) is 46.5 Å². The van der Waals surface area contributed by atoms with Gasteiger partial charge < -0.3 is 9.09 Å². The largest absolute Gasteiger partial charge is 0.338 e. The highest BCUT2D eigenvalue weighted by Gasteiger charge is 2.30. The molecule has 0 N–H and O–H groups in total. The van der Waals surface area contributed by atoms with Crippen LogP contribution in [0.2, 0.25) is 0 Å². The maximum absolute atomic E-state index is 5.50. The molecule has 24 heavy (non-hydrogen) atoms. The molecule has 2 aliphatic rings. The van der Waals surface area contributed by atoms with Crippen LogP contribution in [0.3, 0.4) is 0 Å². The van der Waals surface area contributed by atoms with Crippen molar-refractivity contribution in [2.75, 3.05) is 0 Å². The second-order valence-corrected chi connectivity index (χ2v) is 8.56. The van der Waals surface area contributed by atoms with E-state index >= 15 is 0 Å². The first kappa shape index (κ1) is 16.2. The lowest BCUT2D eigenvalue weighted by Gasteiger charge is -2.26. The van der Waals surface area contributed by atoms with Crippen LogP contribution >= 0.6 is 11.8 Å². The molecule has 1 atom stereocenters. The van der Waals surface area contributed by atoms with Gasteiger partial charge in [-0.15, -0.1) is 0 Å². The van der Waals surface area contributed by atoms with Crippen LogP contribution in [-0.4, -0.2) is 19.7 Å². The lowest BCUT2D eigenvalue weighted by molar-refractivity contribution is 0.332. The molecule has 0 bridgehead atoms. The predicted octanol–water partition coefficient (Wildman–Crippen LogP) is 5.12. The third-order valence-corrected chi connectivity index (χ3v) is 6.38. The number of hydrogen-bond acceptors (Lipinski definition) is 5. The van der Waals surface area contributed by atoms with Crippen molar-refractivity contribution in [2.24, 2.45) is 0 Å². The van der Waals surface area contributed by atoms with Gasteiger partial charge in [-0.3, -0.25) is 0 Å². The average Bonchev–Trinajstić information content (AvgIpc) is 3.25. The lowest BCUT2D eigenvalue weighted by Crippen LogP contribution is -2.15. The zero-order valence-electron chi connectivity index (χ0n) is 14.8. The van der Waals surface area contributed by atoms with Gasteiger partial charge in [0.25, 0.3) is 0 Å². The molecule has 0 spiro atoms. The Kier molecular flexibility index (Phi) is 4.41. The van der Waals surface area contributed by atoms with Gasteiger partial charge in [0, 0.05) is 17.7 Å². The van der Waals surface area contributed by atoms with E-state index in [0.29, 0.717) is 12.0 Å². The Labute approximate surface area is 147 Å². The minimum atomic E-state index is 0.133. The van der Waals surface area contributed by atoms with Gasteiger partial charge in [0.2, 0.25) is 5.89 Å². The Hall–Kier alpha value is -1.30. The number of rotatable bonds is 5. The number of imidazole rings is 1. The molecule has 2 aromatic rings. The van der Waals surface area contributed by atoms with Crippen LogP contribution in [0, 0.1) is 13.8 Å². The van der Waals surface area contributed by atoms with Crippen molar-refractivity contribution in [2.45, 2.75) is 88.1 Å². The lowest BCUT2D eigenvalue weighted by atomic mass is 9.95. The van der Waals surface area contributed by atoms with Gasteiger partial charge in [-0.2, -0.15) is 4.98 Å². The van der Waals surface area contributed by atoms with Gasteiger partial charge >= 0.3 is 0 Å². The summed E-state index contributed by atoms with van der Waals surface area (Å²) in [6, 6.07) is 0.597. The first-order chi connectivity index (χ1) is 11.6. The summed E-state index contributed by atoms with van der Waals surface area (Å²) in [5.41, 5.74) is 2.44. The van der Waals surface area contributed by atoms with Crippen molar-refractivity contribution < 1.29 is 4.52 Å². The molecule has 2 aromatic heterocycles. The third kappa shape index (κ3) is 3.13. The van der Waals surface area contributed by atoms with Crippen molar-refractivity contribution in [3.63, 3.8) is 0 Å². The summed E-state index contributed by atoms with van der Waals surface area (Å²) < 4.78 is 7.97. The average molecular weight is 347 g/mol. The third-order valence-electron chi connectivity index (χ3n) is 5.32. The summed E-state index contributed by atoms with van der Waals surface area (Å²) in [7, 11) is 0. The topological polar surface area (TPSA) is 56.7 Å². The quantitative estimate of drug-likeness (QED) is 0.703. The molecule has 4 rings (SSSR count). The van der Waals surface area contributed by atoms with Gasteiger partial charge in [0.15, 0.2) is 11.0 Å². The summed E-state index contributed by atoms with van der Waals surface area (Å²) in [5, 5.41) is 5.39. The molecule has 2 heterocycles. The number of aryl methyl sites for hydroxylation is 1. The first-order valence-electron chi connectivity index (χ1n) is 9.19. The minimum Gasteiger partial charge on any atom is -0.338 e. The smallest absolute Gasteiger partial charge is 0.239 e. The standard InChI is InChI=1S/C18H26N4OS/c1-11-12(2)22(15-7-5-4-6-8-15)18(19-11)24-13(3)17-20-16(21-23-17)14-9-10-14/h13-15H,4-10H2,1-3H3/t13-/m0/s1. The van der Waals surface area contributed by atoms with Crippen molar-refractivity contribution in [3.05, 3.63) is 23.1 Å². The second kappa shape index (κ2) is 6.54. The van der Waals surface area contributed by atoms with Gasteiger partial charge in [-0.25, -0.2) is 4.98 Å². The van der Waals surface area contributed by atoms with Crippen LogP contribution < -0.4 is 0 Å². The monoisotopic (exact) mass is 346 g/mol. The van der Waals surface area contributed by atoms with Crippen molar-refractivity contribution in [1.82, 2.24) is 19.7 Å². The van der Waals surface area contributed by atoms with Crippen LogP contribution in [0.1, 0.15) is 92.2 Å². The highest BCUT2D eigenvalue weighted by atomic mass is 32.2. The molecule has 2 aliphatic carbocycles. The molecule has 0 aliphatic heterocycles. The van der Waals surface area contributed by atoms with Crippen LogP contribution in [0.15, 0.2) is 9.68 Å². The van der Waals surface area contributed by atoms with Crippen LogP contribution in [0.5, 0.6) is 0 Å². The van der Waals surface area contributed by atoms with Crippen LogP contribution in [0.25, 0.3) is 0 Å². The van der Waals surface area contributed by atoms with Gasteiger partial charge in [0.05, 0.1) is 10.9 Å². The fourth-order valence-electron chi connectivity index (χ4n) is 3.58. The number of hydrogen-bond donors (Lipinski definition) is 0. The molecule has 0 saturated heterocycles. The highest BCUT2D eigenvalue weighted by molar-refractivity contribution is 7.99. The maximum atomic E-state index is 5.50. The van der Waals surface area contributed by atoms with E-state index in [4.69, 9.17) is 9.51 Å². The Morgan fingerprint density at radius 3 is 2.54 bits per heavy atom. The fourth-order valence-corrected chi connectivity index (χ4v) is 4.68. The molecule has 0 aromatic carbocycles. The summed E-state index contributed by atoms with van der Waals surface area (Å²) in [6.07, 6.45) is 8.96. The molecule has 0 amide bonds. The van der Waals surface area contributed by atoms with Crippen molar-refractivity contribution in [3.8, 4) is 0 Å². The fraction of sp³-hybridized carbons (Fsp3) is 0.722. The van der Waals surface area contributed by atoms with E-state index in [1.54, 1.807) is 11.8 Å². The highest BCUT2D eigenvalue weighted by Crippen LogP contribution is 2.41.